The van der Waals surface area contributed by atoms with Crippen LogP contribution in [-0.4, -0.2) is 101 Å². The quantitative estimate of drug-likeness (QED) is 0.0202. The van der Waals surface area contributed by atoms with Crippen LogP contribution in [0.4, 0.5) is 0 Å². The number of nitro groups is 1. The smallest absolute Gasteiger partial charge is 0.329 e. The van der Waals surface area contributed by atoms with E-state index in [1.54, 1.807) is 60.8 Å². The lowest BCUT2D eigenvalue weighted by molar-refractivity contribution is -0.525. The Morgan fingerprint density at radius 1 is 0.824 bits per heavy atom. The number of rotatable bonds is 21. The number of amides is 4. The summed E-state index contributed by atoms with van der Waals surface area (Å²) in [6, 6.07) is -4.16. The van der Waals surface area contributed by atoms with E-state index < -0.39 is 88.3 Å². The molecule has 0 aromatic rings. The molecule has 0 radical (unpaired) electrons. The molecule has 19 heteroatoms. The Labute approximate surface area is 299 Å². The van der Waals surface area contributed by atoms with Gasteiger partial charge in [-0.3, -0.25) is 19.2 Å². The van der Waals surface area contributed by atoms with E-state index in [9.17, 15) is 44.0 Å². The molecule has 292 valence electrons. The highest BCUT2D eigenvalue weighted by Gasteiger charge is 2.37. The average Bonchev–Trinajstić information content (AvgIpc) is 2.97. The maximum absolute atomic E-state index is 13.5. The number of nitrogens with one attached hydrogen (secondary N) is 5. The van der Waals surface area contributed by atoms with Gasteiger partial charge in [0.25, 0.3) is 5.96 Å². The number of methoxy groups -OCH3 is 1. The predicted molar refractivity (Wildman–Crippen MR) is 186 cm³/mol. The zero-order valence-electron chi connectivity index (χ0n) is 31.4. The summed E-state index contributed by atoms with van der Waals surface area (Å²) in [6.07, 6.45) is -1.53. The van der Waals surface area contributed by atoms with Gasteiger partial charge in [-0.05, 0) is 71.6 Å². The minimum atomic E-state index is -1.88. The van der Waals surface area contributed by atoms with E-state index >= 15 is 0 Å². The van der Waals surface area contributed by atoms with Gasteiger partial charge >= 0.3 is 11.9 Å². The third-order valence-electron chi connectivity index (χ3n) is 7.04. The molecular weight excluding hydrogens is 672 g/mol. The fourth-order valence-corrected chi connectivity index (χ4v) is 4.91. The first kappa shape index (κ1) is 46.5. The van der Waals surface area contributed by atoms with E-state index in [1.807, 2.05) is 0 Å². The van der Waals surface area contributed by atoms with Crippen molar-refractivity contribution in [3.63, 3.8) is 0 Å². The van der Waals surface area contributed by atoms with Crippen LogP contribution in [0.2, 0.25) is 0 Å². The van der Waals surface area contributed by atoms with Crippen LogP contribution in [-0.2, 0) is 38.2 Å². The summed E-state index contributed by atoms with van der Waals surface area (Å²) >= 11 is 0. The van der Waals surface area contributed by atoms with Crippen LogP contribution in [0, 0.1) is 27.9 Å². The number of nitrogens with zero attached hydrogens (tertiary/aromatic N) is 2. The normalized spacial score (nSPS) is 15.4. The Morgan fingerprint density at radius 3 is 1.88 bits per heavy atom. The number of hydrogen-bond donors (Lipinski definition) is 7. The Morgan fingerprint density at radius 2 is 1.39 bits per heavy atom. The first-order chi connectivity index (χ1) is 23.5. The monoisotopic (exact) mass is 730 g/mol. The molecule has 0 saturated carbocycles. The lowest BCUT2D eigenvalue weighted by atomic mass is 9.90. The summed E-state index contributed by atoms with van der Waals surface area (Å²) in [5, 5.41) is 31.0. The molecule has 0 saturated heterocycles. The Bertz CT molecular complexity index is 1240. The summed E-state index contributed by atoms with van der Waals surface area (Å²) < 4.78 is 10.2. The van der Waals surface area contributed by atoms with Gasteiger partial charge in [0, 0.05) is 19.5 Å². The predicted octanol–water partition coefficient (Wildman–Crippen LogP) is -0.184. The van der Waals surface area contributed by atoms with Crippen LogP contribution in [0.25, 0.3) is 0 Å². The van der Waals surface area contributed by atoms with Crippen LogP contribution < -0.4 is 32.4 Å². The number of ether oxygens (including phenoxy) is 2. The second-order valence-electron chi connectivity index (χ2n) is 14.2. The first-order valence-corrected chi connectivity index (χ1v) is 16.8. The number of guanidine groups is 1. The Balaban J connectivity index is 5.87. The SMILES string of the molecule is COC(=O)[C@H](CCCN=C(N)N[N+](=O)[O-])NC(=O)[C@H](CC(C)C)NC(=O)[C@@H](O)[C@H](CC(C)C)C(=O)N[C@@H](C)C[C@H](NC(C)=O)C(=O)OC(C)(C)C. The van der Waals surface area contributed by atoms with Gasteiger partial charge in [-0.25, -0.2) is 24.7 Å². The zero-order chi connectivity index (χ0) is 39.6. The van der Waals surface area contributed by atoms with Crippen LogP contribution in [0.15, 0.2) is 4.99 Å². The molecule has 0 aromatic carbocycles. The summed E-state index contributed by atoms with van der Waals surface area (Å²) in [6.45, 7) is 15.0. The summed E-state index contributed by atoms with van der Waals surface area (Å²) in [7, 11) is 1.13. The number of esters is 2. The molecule has 0 heterocycles. The molecule has 6 atom stereocenters. The van der Waals surface area contributed by atoms with Crippen molar-refractivity contribution in [3.05, 3.63) is 10.1 Å². The zero-order valence-corrected chi connectivity index (χ0v) is 31.4. The molecule has 0 aliphatic rings. The number of carbonyl (C=O) groups excluding carboxylic acids is 6. The fraction of sp³-hybridized carbons (Fsp3) is 0.781. The average molecular weight is 731 g/mol. The highest BCUT2D eigenvalue weighted by Crippen LogP contribution is 2.19. The van der Waals surface area contributed by atoms with Crippen molar-refractivity contribution >= 4 is 41.5 Å². The van der Waals surface area contributed by atoms with Gasteiger partial charge in [-0.2, -0.15) is 0 Å². The number of nitrogens with two attached hydrogens (primary N) is 1. The number of carbonyl (C=O) groups is 6. The third kappa shape index (κ3) is 20.0. The number of hydrazine groups is 1. The van der Waals surface area contributed by atoms with Crippen molar-refractivity contribution in [1.29, 1.82) is 0 Å². The second-order valence-corrected chi connectivity index (χ2v) is 14.2. The molecule has 0 unspecified atom stereocenters. The Kier molecular flexibility index (Phi) is 20.3. The highest BCUT2D eigenvalue weighted by atomic mass is 16.7. The molecule has 0 aromatic heterocycles. The number of hydrogen-bond acceptors (Lipinski definition) is 12. The van der Waals surface area contributed by atoms with E-state index in [4.69, 9.17) is 15.2 Å². The summed E-state index contributed by atoms with van der Waals surface area (Å²) in [4.78, 5) is 91.5. The van der Waals surface area contributed by atoms with Gasteiger partial charge in [0.1, 0.15) is 29.8 Å². The lowest BCUT2D eigenvalue weighted by Gasteiger charge is -2.29. The van der Waals surface area contributed by atoms with Crippen molar-refractivity contribution in [3.8, 4) is 0 Å². The second kappa shape index (κ2) is 22.3. The minimum Gasteiger partial charge on any atom is -0.467 e. The van der Waals surface area contributed by atoms with Gasteiger partial charge in [0.05, 0.1) is 13.0 Å². The molecule has 0 spiro atoms. The molecule has 0 bridgehead atoms. The topological polar surface area (TPSA) is 283 Å². The first-order valence-electron chi connectivity index (χ1n) is 16.8. The molecule has 19 nitrogen and oxygen atoms in total. The number of aliphatic hydroxyl groups is 1. The third-order valence-corrected chi connectivity index (χ3v) is 7.04. The van der Waals surface area contributed by atoms with E-state index in [2.05, 4.69) is 26.3 Å². The standard InChI is InChI=1S/C32H58N8O11/c1-17(2)14-21(26(43)35-19(5)16-24(36-20(6)41)30(47)51-32(7,8)9)25(42)28(45)38-23(15-18(3)4)27(44)37-22(29(46)50-10)12-11-13-34-31(33)39-40(48)49/h17-19,21-25,42H,11-16H2,1-10H3,(H,35,43)(H,36,41)(H,37,44)(H,38,45)(H3,33,34,39)/t19-,21-,22-,23-,24-,25-/m0/s1. The number of aliphatic hydroxyl groups excluding tert-OH is 1. The van der Waals surface area contributed by atoms with Crippen molar-refractivity contribution < 1.29 is 48.4 Å². The molecule has 0 aliphatic heterocycles. The van der Waals surface area contributed by atoms with Crippen LogP contribution in [0.5, 0.6) is 0 Å². The van der Waals surface area contributed by atoms with Crippen LogP contribution in [0.1, 0.15) is 94.4 Å². The van der Waals surface area contributed by atoms with Gasteiger partial charge in [-0.1, -0.05) is 33.1 Å². The molecule has 4 amide bonds. The van der Waals surface area contributed by atoms with Crippen LogP contribution in [0.3, 0.4) is 0 Å². The maximum Gasteiger partial charge on any atom is 0.329 e. The number of aliphatic imine (C=N–C) groups is 1. The highest BCUT2D eigenvalue weighted by molar-refractivity contribution is 5.94. The van der Waals surface area contributed by atoms with E-state index in [0.717, 1.165) is 7.11 Å². The van der Waals surface area contributed by atoms with Crippen molar-refractivity contribution in [2.45, 2.75) is 130 Å². The largest absolute Gasteiger partial charge is 0.467 e. The van der Waals surface area contributed by atoms with Gasteiger partial charge < -0.3 is 41.6 Å². The molecule has 0 rings (SSSR count). The van der Waals surface area contributed by atoms with E-state index in [1.165, 1.54) is 6.92 Å². The minimum absolute atomic E-state index is 0.0127. The summed E-state index contributed by atoms with van der Waals surface area (Å²) in [5.41, 5.74) is 6.25. The van der Waals surface area contributed by atoms with Crippen LogP contribution >= 0.6 is 0 Å². The molecule has 0 fully saturated rings. The van der Waals surface area contributed by atoms with Crippen molar-refractivity contribution in [1.82, 2.24) is 26.7 Å². The van der Waals surface area contributed by atoms with Gasteiger partial charge in [0.2, 0.25) is 23.6 Å². The molecule has 51 heavy (non-hydrogen) atoms. The van der Waals surface area contributed by atoms with Gasteiger partial charge in [-0.15, -0.1) is 0 Å². The van der Waals surface area contributed by atoms with Crippen molar-refractivity contribution in [2.24, 2.45) is 28.5 Å². The van der Waals surface area contributed by atoms with E-state index in [0.29, 0.717) is 0 Å². The maximum atomic E-state index is 13.5. The van der Waals surface area contributed by atoms with Gasteiger partial charge in [0.15, 0.2) is 5.03 Å². The fourth-order valence-electron chi connectivity index (χ4n) is 4.91. The molecule has 0 aliphatic carbocycles. The lowest BCUT2D eigenvalue weighted by Crippen LogP contribution is -2.56. The van der Waals surface area contributed by atoms with E-state index in [-0.39, 0.29) is 50.5 Å². The molecule has 8 N–H and O–H groups in total. The van der Waals surface area contributed by atoms with Crippen molar-refractivity contribution in [2.75, 3.05) is 13.7 Å². The summed E-state index contributed by atoms with van der Waals surface area (Å²) in [5.74, 6) is -6.34. The Hall–Kier alpha value is -4.55. The molecular formula is C32H58N8O11.